The summed E-state index contributed by atoms with van der Waals surface area (Å²) in [4.78, 5) is 14.2. The standard InChI is InChI=1S/C17H29N3O3S/c1-6-15-9-7-8-14(2)17(15)18-16(21)10-11-20(24(5,22)23)13-12-19(3)4/h7-9H,6,10-13H2,1-5H3,(H,18,21). The lowest BCUT2D eigenvalue weighted by Crippen LogP contribution is -2.37. The number of sulfonamides is 1. The maximum atomic E-state index is 12.3. The molecule has 0 heterocycles. The van der Waals surface area contributed by atoms with E-state index in [-0.39, 0.29) is 18.9 Å². The number of hydrogen-bond donors (Lipinski definition) is 1. The number of nitrogens with one attached hydrogen (secondary N) is 1. The van der Waals surface area contributed by atoms with Crippen molar-refractivity contribution in [3.63, 3.8) is 0 Å². The van der Waals surface area contributed by atoms with Crippen molar-refractivity contribution in [2.24, 2.45) is 0 Å². The molecular formula is C17H29N3O3S. The molecule has 1 rings (SSSR count). The van der Waals surface area contributed by atoms with Gasteiger partial charge in [0.15, 0.2) is 0 Å². The van der Waals surface area contributed by atoms with E-state index in [9.17, 15) is 13.2 Å². The number of likely N-dealkylation sites (N-methyl/N-ethyl adjacent to an activating group) is 1. The Morgan fingerprint density at radius 3 is 2.38 bits per heavy atom. The fourth-order valence-electron chi connectivity index (χ4n) is 2.39. The van der Waals surface area contributed by atoms with E-state index in [4.69, 9.17) is 0 Å². The third-order valence-electron chi connectivity index (χ3n) is 3.86. The summed E-state index contributed by atoms with van der Waals surface area (Å²) in [7, 11) is 0.450. The van der Waals surface area contributed by atoms with Crippen LogP contribution < -0.4 is 5.32 Å². The van der Waals surface area contributed by atoms with Gasteiger partial charge in [-0.3, -0.25) is 4.79 Å². The second-order valence-corrected chi connectivity index (χ2v) is 8.21. The average Bonchev–Trinajstić information content (AvgIpc) is 2.47. The van der Waals surface area contributed by atoms with Crippen molar-refractivity contribution in [2.75, 3.05) is 45.3 Å². The Hall–Kier alpha value is -1.44. The smallest absolute Gasteiger partial charge is 0.225 e. The third kappa shape index (κ3) is 6.59. The Labute approximate surface area is 145 Å². The number of para-hydroxylation sites is 1. The Bertz CT molecular complexity index is 657. The van der Waals surface area contributed by atoms with Crippen LogP contribution in [0.4, 0.5) is 5.69 Å². The highest BCUT2D eigenvalue weighted by molar-refractivity contribution is 7.88. The molecule has 24 heavy (non-hydrogen) atoms. The topological polar surface area (TPSA) is 69.7 Å². The van der Waals surface area contributed by atoms with Gasteiger partial charge in [-0.1, -0.05) is 25.1 Å². The zero-order valence-corrected chi connectivity index (χ0v) is 16.1. The minimum atomic E-state index is -3.32. The van der Waals surface area contributed by atoms with Crippen LogP contribution in [0.2, 0.25) is 0 Å². The number of amides is 1. The molecule has 1 aromatic carbocycles. The monoisotopic (exact) mass is 355 g/mol. The fraction of sp³-hybridized carbons (Fsp3) is 0.588. The van der Waals surface area contributed by atoms with Crippen LogP contribution in [0.25, 0.3) is 0 Å². The highest BCUT2D eigenvalue weighted by atomic mass is 32.2. The van der Waals surface area contributed by atoms with Gasteiger partial charge in [-0.2, -0.15) is 0 Å². The van der Waals surface area contributed by atoms with Gasteiger partial charge in [0.05, 0.1) is 6.26 Å². The van der Waals surface area contributed by atoms with Gasteiger partial charge >= 0.3 is 0 Å². The summed E-state index contributed by atoms with van der Waals surface area (Å²) in [5.41, 5.74) is 2.93. The fourth-order valence-corrected chi connectivity index (χ4v) is 3.22. The minimum absolute atomic E-state index is 0.137. The van der Waals surface area contributed by atoms with Crippen molar-refractivity contribution in [3.8, 4) is 0 Å². The van der Waals surface area contributed by atoms with Gasteiger partial charge in [-0.15, -0.1) is 0 Å². The molecular weight excluding hydrogens is 326 g/mol. The summed E-state index contributed by atoms with van der Waals surface area (Å²) in [6, 6.07) is 5.91. The van der Waals surface area contributed by atoms with Crippen LogP contribution in [0.5, 0.6) is 0 Å². The lowest BCUT2D eigenvalue weighted by molar-refractivity contribution is -0.116. The molecule has 0 aliphatic rings. The van der Waals surface area contributed by atoms with Gasteiger partial charge in [0.25, 0.3) is 0 Å². The molecule has 1 aromatic rings. The second-order valence-electron chi connectivity index (χ2n) is 6.23. The molecule has 0 spiro atoms. The van der Waals surface area contributed by atoms with Crippen molar-refractivity contribution in [3.05, 3.63) is 29.3 Å². The van der Waals surface area contributed by atoms with E-state index in [0.29, 0.717) is 13.1 Å². The number of rotatable bonds is 9. The predicted molar refractivity (Wildman–Crippen MR) is 98.8 cm³/mol. The summed E-state index contributed by atoms with van der Waals surface area (Å²) < 4.78 is 25.0. The maximum Gasteiger partial charge on any atom is 0.225 e. The first-order chi connectivity index (χ1) is 11.1. The highest BCUT2D eigenvalue weighted by Gasteiger charge is 2.18. The van der Waals surface area contributed by atoms with E-state index in [1.54, 1.807) is 0 Å². The molecule has 0 aromatic heterocycles. The van der Waals surface area contributed by atoms with Crippen molar-refractivity contribution in [2.45, 2.75) is 26.7 Å². The molecule has 0 fully saturated rings. The first-order valence-corrected chi connectivity index (χ1v) is 9.98. The zero-order chi connectivity index (χ0) is 18.3. The van der Waals surface area contributed by atoms with Crippen molar-refractivity contribution in [1.29, 1.82) is 0 Å². The van der Waals surface area contributed by atoms with E-state index >= 15 is 0 Å². The van der Waals surface area contributed by atoms with Crippen molar-refractivity contribution < 1.29 is 13.2 Å². The molecule has 0 saturated heterocycles. The number of anilines is 1. The van der Waals surface area contributed by atoms with Gasteiger partial charge in [0.2, 0.25) is 15.9 Å². The molecule has 7 heteroatoms. The first kappa shape index (κ1) is 20.6. The third-order valence-corrected chi connectivity index (χ3v) is 5.16. The molecule has 6 nitrogen and oxygen atoms in total. The van der Waals surface area contributed by atoms with Crippen LogP contribution in [0.3, 0.4) is 0 Å². The summed E-state index contributed by atoms with van der Waals surface area (Å²) in [6.45, 7) is 5.17. The number of carbonyl (C=O) groups excluding carboxylic acids is 1. The lowest BCUT2D eigenvalue weighted by Gasteiger charge is -2.22. The van der Waals surface area contributed by atoms with Crippen LogP contribution in [0, 0.1) is 6.92 Å². The van der Waals surface area contributed by atoms with Gasteiger partial charge < -0.3 is 10.2 Å². The molecule has 136 valence electrons. The predicted octanol–water partition coefficient (Wildman–Crippen LogP) is 1.71. The van der Waals surface area contributed by atoms with Gasteiger partial charge in [-0.25, -0.2) is 12.7 Å². The number of nitrogens with zero attached hydrogens (tertiary/aromatic N) is 2. The number of aryl methyl sites for hydroxylation is 2. The Kier molecular flexibility index (Phi) is 7.86. The zero-order valence-electron chi connectivity index (χ0n) is 15.3. The molecule has 0 saturated carbocycles. The summed E-state index contributed by atoms with van der Waals surface area (Å²) in [6.07, 6.45) is 2.14. The van der Waals surface area contributed by atoms with E-state index in [1.165, 1.54) is 10.6 Å². The summed E-state index contributed by atoms with van der Waals surface area (Å²) in [5, 5.41) is 2.93. The molecule has 1 amide bonds. The van der Waals surface area contributed by atoms with Gasteiger partial charge in [0, 0.05) is 31.7 Å². The van der Waals surface area contributed by atoms with Crippen molar-refractivity contribution >= 4 is 21.6 Å². The Morgan fingerprint density at radius 1 is 1.17 bits per heavy atom. The molecule has 1 N–H and O–H groups in total. The maximum absolute atomic E-state index is 12.3. The number of carbonyl (C=O) groups is 1. The van der Waals surface area contributed by atoms with Crippen LogP contribution in [-0.4, -0.2) is 63.5 Å². The second kappa shape index (κ2) is 9.15. The molecule has 0 radical (unpaired) electrons. The van der Waals surface area contributed by atoms with E-state index in [2.05, 4.69) is 5.32 Å². The normalized spacial score (nSPS) is 12.0. The van der Waals surface area contributed by atoms with E-state index < -0.39 is 10.0 Å². The van der Waals surface area contributed by atoms with E-state index in [0.717, 1.165) is 23.2 Å². The van der Waals surface area contributed by atoms with Crippen LogP contribution >= 0.6 is 0 Å². The lowest BCUT2D eigenvalue weighted by atomic mass is 10.1. The average molecular weight is 356 g/mol. The Morgan fingerprint density at radius 2 is 1.83 bits per heavy atom. The van der Waals surface area contributed by atoms with Crippen LogP contribution in [-0.2, 0) is 21.2 Å². The number of benzene rings is 1. The number of hydrogen-bond acceptors (Lipinski definition) is 4. The molecule has 0 aliphatic heterocycles. The highest BCUT2D eigenvalue weighted by Crippen LogP contribution is 2.21. The Balaban J connectivity index is 2.70. The molecule has 0 bridgehead atoms. The molecule has 0 atom stereocenters. The van der Waals surface area contributed by atoms with Gasteiger partial charge in [0.1, 0.15) is 0 Å². The first-order valence-electron chi connectivity index (χ1n) is 8.13. The summed E-state index contributed by atoms with van der Waals surface area (Å²) in [5.74, 6) is -0.169. The molecule has 0 unspecified atom stereocenters. The van der Waals surface area contributed by atoms with E-state index in [1.807, 2.05) is 51.0 Å². The van der Waals surface area contributed by atoms with Gasteiger partial charge in [-0.05, 0) is 38.6 Å². The minimum Gasteiger partial charge on any atom is -0.326 e. The molecule has 0 aliphatic carbocycles. The largest absolute Gasteiger partial charge is 0.326 e. The van der Waals surface area contributed by atoms with Crippen LogP contribution in [0.1, 0.15) is 24.5 Å². The van der Waals surface area contributed by atoms with Crippen molar-refractivity contribution in [1.82, 2.24) is 9.21 Å². The summed E-state index contributed by atoms with van der Waals surface area (Å²) >= 11 is 0. The quantitative estimate of drug-likeness (QED) is 0.732. The van der Waals surface area contributed by atoms with Crippen LogP contribution in [0.15, 0.2) is 18.2 Å². The SMILES string of the molecule is CCc1cccc(C)c1NC(=O)CCN(CCN(C)C)S(C)(=O)=O.